The van der Waals surface area contributed by atoms with Gasteiger partial charge in [0.05, 0.1) is 34.5 Å². The molecule has 3 aromatic rings. The minimum Gasteiger partial charge on any atom is -0.395 e. The SMILES string of the molecule is Cc1ccc(N2C(=O)[C@@H]3C4c5ccccc5C(CO)(c5ccccc54)[C@@H]3C2=O)cc1[N+](=O)[O-]. The topological polar surface area (TPSA) is 101 Å². The molecule has 1 N–H and O–H groups in total. The number of benzene rings is 3. The lowest BCUT2D eigenvalue weighted by Crippen LogP contribution is -2.55. The van der Waals surface area contributed by atoms with Crippen LogP contribution in [0.1, 0.15) is 33.7 Å². The van der Waals surface area contributed by atoms with Gasteiger partial charge >= 0.3 is 0 Å². The fourth-order valence-corrected chi connectivity index (χ4v) is 6.39. The van der Waals surface area contributed by atoms with Crippen LogP contribution in [0, 0.1) is 28.9 Å². The summed E-state index contributed by atoms with van der Waals surface area (Å²) in [6, 6.07) is 19.8. The minimum atomic E-state index is -1.05. The number of nitro groups is 1. The summed E-state index contributed by atoms with van der Waals surface area (Å²) in [4.78, 5) is 39.8. The molecule has 7 heteroatoms. The number of anilines is 1. The first-order valence-corrected chi connectivity index (χ1v) is 10.8. The predicted molar refractivity (Wildman–Crippen MR) is 120 cm³/mol. The van der Waals surface area contributed by atoms with Crippen molar-refractivity contribution in [3.05, 3.63) is 105 Å². The summed E-state index contributed by atoms with van der Waals surface area (Å²) < 4.78 is 0. The molecule has 164 valence electrons. The minimum absolute atomic E-state index is 0.144. The second-order valence-electron chi connectivity index (χ2n) is 9.02. The van der Waals surface area contributed by atoms with Gasteiger partial charge < -0.3 is 5.11 Å². The monoisotopic (exact) mass is 440 g/mol. The van der Waals surface area contributed by atoms with Gasteiger partial charge in [0.2, 0.25) is 11.8 Å². The predicted octanol–water partition coefficient (Wildman–Crippen LogP) is 3.45. The Kier molecular flexibility index (Phi) is 3.95. The molecule has 7 rings (SSSR count). The van der Waals surface area contributed by atoms with E-state index in [9.17, 15) is 24.8 Å². The molecule has 0 spiro atoms. The molecule has 3 aliphatic carbocycles. The van der Waals surface area contributed by atoms with Crippen LogP contribution in [0.4, 0.5) is 11.4 Å². The van der Waals surface area contributed by atoms with Crippen molar-refractivity contribution in [2.45, 2.75) is 18.3 Å². The first kappa shape index (κ1) is 19.8. The van der Waals surface area contributed by atoms with Gasteiger partial charge in [-0.2, -0.15) is 0 Å². The van der Waals surface area contributed by atoms with Gasteiger partial charge in [0, 0.05) is 17.5 Å². The molecule has 3 aromatic carbocycles. The van der Waals surface area contributed by atoms with Crippen molar-refractivity contribution in [1.29, 1.82) is 0 Å². The summed E-state index contributed by atoms with van der Waals surface area (Å²) in [5.74, 6) is -2.60. The van der Waals surface area contributed by atoms with Crippen LogP contribution >= 0.6 is 0 Å². The number of aryl methyl sites for hydroxylation is 1. The third-order valence-corrected chi connectivity index (χ3v) is 7.69. The summed E-state index contributed by atoms with van der Waals surface area (Å²) in [7, 11) is 0. The Hall–Kier alpha value is -3.84. The Morgan fingerprint density at radius 2 is 1.58 bits per heavy atom. The van der Waals surface area contributed by atoms with E-state index in [4.69, 9.17) is 0 Å². The largest absolute Gasteiger partial charge is 0.395 e. The fourth-order valence-electron chi connectivity index (χ4n) is 6.39. The van der Waals surface area contributed by atoms with Crippen LogP contribution in [0.15, 0.2) is 66.7 Å². The molecule has 2 atom stereocenters. The van der Waals surface area contributed by atoms with Crippen LogP contribution in [-0.2, 0) is 15.0 Å². The lowest BCUT2D eigenvalue weighted by Gasteiger charge is -2.53. The zero-order chi connectivity index (χ0) is 23.1. The normalized spacial score (nSPS) is 26.7. The molecule has 2 amide bonds. The summed E-state index contributed by atoms with van der Waals surface area (Å²) in [6.45, 7) is 1.29. The highest BCUT2D eigenvalue weighted by Gasteiger charge is 2.68. The van der Waals surface area contributed by atoms with E-state index in [1.165, 1.54) is 6.07 Å². The summed E-state index contributed by atoms with van der Waals surface area (Å²) in [6.07, 6.45) is 0. The maximum absolute atomic E-state index is 13.9. The van der Waals surface area contributed by atoms with Crippen LogP contribution in [0.3, 0.4) is 0 Å². The molecule has 1 heterocycles. The molecule has 0 saturated carbocycles. The molecule has 1 saturated heterocycles. The molecule has 4 aliphatic rings. The van der Waals surface area contributed by atoms with Crippen molar-refractivity contribution < 1.29 is 19.6 Å². The van der Waals surface area contributed by atoms with Crippen molar-refractivity contribution in [2.75, 3.05) is 11.5 Å². The van der Waals surface area contributed by atoms with Gasteiger partial charge in [-0.1, -0.05) is 54.6 Å². The van der Waals surface area contributed by atoms with E-state index in [1.807, 2.05) is 48.5 Å². The second-order valence-corrected chi connectivity index (χ2v) is 9.02. The molecule has 0 aromatic heterocycles. The zero-order valence-corrected chi connectivity index (χ0v) is 17.8. The maximum atomic E-state index is 13.9. The molecular formula is C26H20N2O5. The van der Waals surface area contributed by atoms with Crippen LogP contribution < -0.4 is 4.90 Å². The summed E-state index contributed by atoms with van der Waals surface area (Å²) >= 11 is 0. The van der Waals surface area contributed by atoms with Gasteiger partial charge in [-0.3, -0.25) is 19.7 Å². The van der Waals surface area contributed by atoms with Gasteiger partial charge in [0.25, 0.3) is 5.69 Å². The highest BCUT2D eigenvalue weighted by Crippen LogP contribution is 2.64. The number of amides is 2. The smallest absolute Gasteiger partial charge is 0.274 e. The van der Waals surface area contributed by atoms with Crippen LogP contribution in [0.5, 0.6) is 0 Å². The third kappa shape index (κ3) is 2.27. The highest BCUT2D eigenvalue weighted by molar-refractivity contribution is 6.24. The van der Waals surface area contributed by atoms with E-state index in [2.05, 4.69) is 0 Å². The van der Waals surface area contributed by atoms with E-state index >= 15 is 0 Å². The highest BCUT2D eigenvalue weighted by atomic mass is 16.6. The van der Waals surface area contributed by atoms with Crippen molar-refractivity contribution >= 4 is 23.2 Å². The Balaban J connectivity index is 1.60. The van der Waals surface area contributed by atoms with Crippen LogP contribution in [0.2, 0.25) is 0 Å². The van der Waals surface area contributed by atoms with Crippen molar-refractivity contribution in [3.63, 3.8) is 0 Å². The van der Waals surface area contributed by atoms with Crippen LogP contribution in [0.25, 0.3) is 0 Å². The Morgan fingerprint density at radius 3 is 2.15 bits per heavy atom. The maximum Gasteiger partial charge on any atom is 0.274 e. The number of carbonyl (C=O) groups excluding carboxylic acids is 2. The molecule has 33 heavy (non-hydrogen) atoms. The van der Waals surface area contributed by atoms with Crippen molar-refractivity contribution in [1.82, 2.24) is 0 Å². The number of rotatable bonds is 3. The number of aliphatic hydroxyl groups excluding tert-OH is 1. The van der Waals surface area contributed by atoms with Gasteiger partial charge in [0.1, 0.15) is 0 Å². The summed E-state index contributed by atoms with van der Waals surface area (Å²) in [5.41, 5.74) is 3.09. The fraction of sp³-hybridized carbons (Fsp3) is 0.231. The first-order chi connectivity index (χ1) is 15.9. The molecule has 1 fully saturated rings. The number of hydrogen-bond acceptors (Lipinski definition) is 5. The Labute approximate surface area is 189 Å². The van der Waals surface area contributed by atoms with E-state index in [1.54, 1.807) is 19.1 Å². The van der Waals surface area contributed by atoms with Crippen LogP contribution in [-0.4, -0.2) is 28.5 Å². The standard InChI is InChI=1S/C26H20N2O5/c1-14-10-11-15(12-20(14)28(32)33)27-24(30)22-21-16-6-2-4-8-18(16)26(13-29,23(22)25(27)31)19-9-5-3-7-17(19)21/h2-12,21-23,29H,13H2,1H3/t21?,22-,23+,26?/m1/s1. The lowest BCUT2D eigenvalue weighted by molar-refractivity contribution is -0.385. The third-order valence-electron chi connectivity index (χ3n) is 7.69. The van der Waals surface area contributed by atoms with Gasteiger partial charge in [0.15, 0.2) is 0 Å². The lowest BCUT2D eigenvalue weighted by atomic mass is 9.47. The number of nitro benzene ring substituents is 1. The second kappa shape index (κ2) is 6.59. The van der Waals surface area contributed by atoms with E-state index in [0.717, 1.165) is 27.2 Å². The first-order valence-electron chi connectivity index (χ1n) is 10.8. The number of nitrogens with zero attached hydrogens (tertiary/aromatic N) is 2. The molecule has 2 bridgehead atoms. The molecular weight excluding hydrogens is 420 g/mol. The quantitative estimate of drug-likeness (QED) is 0.382. The number of imide groups is 1. The molecule has 0 radical (unpaired) electrons. The number of hydrogen-bond donors (Lipinski definition) is 1. The van der Waals surface area contributed by atoms with Gasteiger partial charge in [-0.25, -0.2) is 4.90 Å². The number of aliphatic hydroxyl groups is 1. The van der Waals surface area contributed by atoms with Gasteiger partial charge in [-0.05, 0) is 35.2 Å². The van der Waals surface area contributed by atoms with E-state index in [0.29, 0.717) is 5.56 Å². The molecule has 7 nitrogen and oxygen atoms in total. The van der Waals surface area contributed by atoms with Gasteiger partial charge in [-0.15, -0.1) is 0 Å². The molecule has 1 aliphatic heterocycles. The Bertz CT molecular complexity index is 1330. The summed E-state index contributed by atoms with van der Waals surface area (Å²) in [5, 5.41) is 22.3. The average Bonchev–Trinajstić information content (AvgIpc) is 3.10. The molecule has 0 unspecified atom stereocenters. The van der Waals surface area contributed by atoms with E-state index in [-0.39, 0.29) is 29.8 Å². The van der Waals surface area contributed by atoms with Crippen molar-refractivity contribution in [3.8, 4) is 0 Å². The van der Waals surface area contributed by atoms with E-state index < -0.39 is 28.1 Å². The average molecular weight is 440 g/mol. The van der Waals surface area contributed by atoms with Crippen molar-refractivity contribution in [2.24, 2.45) is 11.8 Å². The Morgan fingerprint density at radius 1 is 0.970 bits per heavy atom. The number of carbonyl (C=O) groups is 2. The zero-order valence-electron chi connectivity index (χ0n) is 17.8.